The maximum absolute atomic E-state index is 13.0. The van der Waals surface area contributed by atoms with Gasteiger partial charge in [0.15, 0.2) is 0 Å². The molecule has 188 valence electrons. The topological polar surface area (TPSA) is 105 Å². The summed E-state index contributed by atoms with van der Waals surface area (Å²) in [5, 5.41) is 5.90. The van der Waals surface area contributed by atoms with Gasteiger partial charge < -0.3 is 15.4 Å². The van der Waals surface area contributed by atoms with Crippen molar-refractivity contribution in [3.05, 3.63) is 99.2 Å². The van der Waals surface area contributed by atoms with Crippen LogP contribution in [-0.4, -0.2) is 30.3 Å². The van der Waals surface area contributed by atoms with Gasteiger partial charge in [-0.15, -0.1) is 0 Å². The summed E-state index contributed by atoms with van der Waals surface area (Å²) in [4.78, 5) is 51.2. The predicted molar refractivity (Wildman–Crippen MR) is 142 cm³/mol. The number of aryl methyl sites for hydroxylation is 1. The number of nitrogens with one attached hydrogen (secondary N) is 2. The molecule has 0 atom stereocenters. The SMILES string of the molecule is CCOC(=O)c1ccc(N2C(=O)C(Cl)=C(Nc3ccc(C(=O)Nc4cc(Cl)ccc4C)cc3)C2=O)cc1. The lowest BCUT2D eigenvalue weighted by molar-refractivity contribution is -0.120. The minimum Gasteiger partial charge on any atom is -0.462 e. The second-order valence-corrected chi connectivity index (χ2v) is 8.83. The zero-order valence-corrected chi connectivity index (χ0v) is 21.3. The summed E-state index contributed by atoms with van der Waals surface area (Å²) >= 11 is 12.2. The quantitative estimate of drug-likeness (QED) is 0.304. The highest BCUT2D eigenvalue weighted by molar-refractivity contribution is 6.53. The number of hydrogen-bond acceptors (Lipinski definition) is 6. The molecule has 4 rings (SSSR count). The van der Waals surface area contributed by atoms with Crippen LogP contribution in [-0.2, 0) is 14.3 Å². The molecule has 3 aromatic carbocycles. The molecule has 1 aliphatic rings. The fourth-order valence-electron chi connectivity index (χ4n) is 3.58. The summed E-state index contributed by atoms with van der Waals surface area (Å²) < 4.78 is 4.94. The molecule has 37 heavy (non-hydrogen) atoms. The van der Waals surface area contributed by atoms with Gasteiger partial charge in [0.2, 0.25) is 0 Å². The van der Waals surface area contributed by atoms with Crippen LogP contribution in [0.5, 0.6) is 0 Å². The summed E-state index contributed by atoms with van der Waals surface area (Å²) in [6.07, 6.45) is 0. The number of carbonyl (C=O) groups excluding carboxylic acids is 4. The van der Waals surface area contributed by atoms with Crippen LogP contribution in [0.25, 0.3) is 0 Å². The molecule has 3 amide bonds. The van der Waals surface area contributed by atoms with Crippen LogP contribution in [0, 0.1) is 6.92 Å². The van der Waals surface area contributed by atoms with Gasteiger partial charge in [-0.25, -0.2) is 9.69 Å². The number of carbonyl (C=O) groups is 4. The number of rotatable bonds is 7. The molecule has 0 aromatic heterocycles. The Morgan fingerprint density at radius 2 is 1.54 bits per heavy atom. The van der Waals surface area contributed by atoms with Gasteiger partial charge in [-0.05, 0) is 80.1 Å². The normalized spacial score (nSPS) is 13.1. The van der Waals surface area contributed by atoms with Crippen molar-refractivity contribution in [3.8, 4) is 0 Å². The smallest absolute Gasteiger partial charge is 0.338 e. The highest BCUT2D eigenvalue weighted by Gasteiger charge is 2.39. The maximum atomic E-state index is 13.0. The Bertz CT molecular complexity index is 1430. The zero-order chi connectivity index (χ0) is 26.7. The van der Waals surface area contributed by atoms with Gasteiger partial charge in [0, 0.05) is 22.0 Å². The van der Waals surface area contributed by atoms with Gasteiger partial charge in [0.1, 0.15) is 10.7 Å². The molecule has 0 radical (unpaired) electrons. The van der Waals surface area contributed by atoms with Crippen LogP contribution in [0.2, 0.25) is 5.02 Å². The number of halogens is 2. The monoisotopic (exact) mass is 537 g/mol. The highest BCUT2D eigenvalue weighted by Crippen LogP contribution is 2.30. The summed E-state index contributed by atoms with van der Waals surface area (Å²) in [5.74, 6) is -2.20. The van der Waals surface area contributed by atoms with Crippen molar-refractivity contribution in [1.82, 2.24) is 0 Å². The van der Waals surface area contributed by atoms with E-state index in [1.165, 1.54) is 24.3 Å². The molecule has 0 aliphatic carbocycles. The number of amides is 3. The standard InChI is InChI=1S/C27H21Cl2N3O5/c1-3-37-27(36)17-7-12-20(13-8-17)32-25(34)22(29)23(26(32)35)30-19-10-5-16(6-11-19)24(33)31-21-14-18(28)9-4-15(21)2/h4-14,30H,3H2,1-2H3,(H,31,33). The molecule has 0 fully saturated rings. The average Bonchev–Trinajstić information content (AvgIpc) is 3.09. The Morgan fingerprint density at radius 1 is 0.892 bits per heavy atom. The van der Waals surface area contributed by atoms with Gasteiger partial charge in [-0.1, -0.05) is 29.3 Å². The number of esters is 1. The first kappa shape index (κ1) is 25.9. The minimum atomic E-state index is -0.703. The lowest BCUT2D eigenvalue weighted by Gasteiger charge is -2.15. The summed E-state index contributed by atoms with van der Waals surface area (Å²) in [6.45, 7) is 3.78. The molecule has 10 heteroatoms. The van der Waals surface area contributed by atoms with E-state index in [-0.39, 0.29) is 34.5 Å². The lowest BCUT2D eigenvalue weighted by Crippen LogP contribution is -2.32. The van der Waals surface area contributed by atoms with Crippen molar-refractivity contribution >= 4 is 64.0 Å². The third-order valence-electron chi connectivity index (χ3n) is 5.53. The number of imide groups is 1. The van der Waals surface area contributed by atoms with E-state index in [9.17, 15) is 19.2 Å². The molecule has 2 N–H and O–H groups in total. The lowest BCUT2D eigenvalue weighted by atomic mass is 10.1. The number of hydrogen-bond donors (Lipinski definition) is 2. The van der Waals surface area contributed by atoms with E-state index in [0.29, 0.717) is 22.0 Å². The third kappa shape index (κ3) is 5.50. The van der Waals surface area contributed by atoms with Crippen molar-refractivity contribution < 1.29 is 23.9 Å². The van der Waals surface area contributed by atoms with E-state index in [0.717, 1.165) is 10.5 Å². The third-order valence-corrected chi connectivity index (χ3v) is 6.11. The molecule has 0 spiro atoms. The summed E-state index contributed by atoms with van der Waals surface area (Å²) in [7, 11) is 0. The first-order chi connectivity index (χ1) is 17.7. The van der Waals surface area contributed by atoms with Crippen LogP contribution in [0.15, 0.2) is 77.5 Å². The van der Waals surface area contributed by atoms with Crippen molar-refractivity contribution in [2.45, 2.75) is 13.8 Å². The summed E-state index contributed by atoms with van der Waals surface area (Å²) in [5.41, 5.74) is 2.72. The van der Waals surface area contributed by atoms with Gasteiger partial charge in [0.25, 0.3) is 17.7 Å². The predicted octanol–water partition coefficient (Wildman–Crippen LogP) is 5.51. The van der Waals surface area contributed by atoms with Crippen molar-refractivity contribution in [1.29, 1.82) is 0 Å². The molecule has 1 heterocycles. The molecular weight excluding hydrogens is 517 g/mol. The fraction of sp³-hybridized carbons (Fsp3) is 0.111. The Kier molecular flexibility index (Phi) is 7.61. The van der Waals surface area contributed by atoms with Gasteiger partial charge in [0.05, 0.1) is 17.9 Å². The Labute approximate surface area is 222 Å². The van der Waals surface area contributed by atoms with Gasteiger partial charge in [-0.3, -0.25) is 14.4 Å². The zero-order valence-electron chi connectivity index (χ0n) is 19.8. The van der Waals surface area contributed by atoms with Crippen LogP contribution < -0.4 is 15.5 Å². The molecular formula is C27H21Cl2N3O5. The number of ether oxygens (including phenoxy) is 1. The second kappa shape index (κ2) is 10.9. The van der Waals surface area contributed by atoms with Gasteiger partial charge in [-0.2, -0.15) is 0 Å². The molecule has 1 aliphatic heterocycles. The molecule has 8 nitrogen and oxygen atoms in total. The van der Waals surface area contributed by atoms with E-state index in [4.69, 9.17) is 27.9 Å². The Morgan fingerprint density at radius 3 is 2.19 bits per heavy atom. The second-order valence-electron chi connectivity index (χ2n) is 8.02. The molecule has 0 unspecified atom stereocenters. The van der Waals surface area contributed by atoms with E-state index in [2.05, 4.69) is 10.6 Å². The highest BCUT2D eigenvalue weighted by atomic mass is 35.5. The van der Waals surface area contributed by atoms with Crippen molar-refractivity contribution in [3.63, 3.8) is 0 Å². The van der Waals surface area contributed by atoms with E-state index in [1.54, 1.807) is 49.4 Å². The first-order valence-corrected chi connectivity index (χ1v) is 12.0. The van der Waals surface area contributed by atoms with E-state index < -0.39 is 17.8 Å². The van der Waals surface area contributed by atoms with E-state index in [1.807, 2.05) is 6.92 Å². The van der Waals surface area contributed by atoms with Crippen LogP contribution in [0.4, 0.5) is 17.1 Å². The molecule has 3 aromatic rings. The van der Waals surface area contributed by atoms with Crippen molar-refractivity contribution in [2.75, 3.05) is 22.1 Å². The van der Waals surface area contributed by atoms with Gasteiger partial charge >= 0.3 is 5.97 Å². The van der Waals surface area contributed by atoms with Crippen LogP contribution >= 0.6 is 23.2 Å². The van der Waals surface area contributed by atoms with Crippen LogP contribution in [0.3, 0.4) is 0 Å². The number of nitrogens with zero attached hydrogens (tertiary/aromatic N) is 1. The Balaban J connectivity index is 1.46. The maximum Gasteiger partial charge on any atom is 0.338 e. The molecule has 0 saturated heterocycles. The molecule has 0 bridgehead atoms. The summed E-state index contributed by atoms with van der Waals surface area (Å²) in [6, 6.07) is 17.4. The van der Waals surface area contributed by atoms with Crippen molar-refractivity contribution in [2.24, 2.45) is 0 Å². The van der Waals surface area contributed by atoms with E-state index >= 15 is 0 Å². The average molecular weight is 538 g/mol. The minimum absolute atomic E-state index is 0.104. The largest absolute Gasteiger partial charge is 0.462 e. The molecule has 0 saturated carbocycles. The first-order valence-electron chi connectivity index (χ1n) is 11.2. The van der Waals surface area contributed by atoms with Crippen LogP contribution in [0.1, 0.15) is 33.2 Å². The number of benzene rings is 3. The number of anilines is 3. The fourth-order valence-corrected chi connectivity index (χ4v) is 3.96. The Hall–Kier alpha value is -4.14.